The Bertz CT molecular complexity index is 516. The van der Waals surface area contributed by atoms with E-state index in [0.717, 1.165) is 23.3 Å². The zero-order valence-corrected chi connectivity index (χ0v) is 9.71. The minimum atomic E-state index is 0.622. The van der Waals surface area contributed by atoms with Gasteiger partial charge in [0.2, 0.25) is 0 Å². The average molecular weight is 228 g/mol. The molecule has 0 bridgehead atoms. The lowest BCUT2D eigenvalue weighted by atomic mass is 10.2. The van der Waals surface area contributed by atoms with E-state index in [-0.39, 0.29) is 0 Å². The van der Waals surface area contributed by atoms with Gasteiger partial charge in [-0.15, -0.1) is 0 Å². The van der Waals surface area contributed by atoms with Gasteiger partial charge in [-0.1, -0.05) is 12.1 Å². The molecular formula is C13H16N4. The van der Waals surface area contributed by atoms with Gasteiger partial charge in [0, 0.05) is 24.5 Å². The molecule has 1 aliphatic carbocycles. The molecule has 0 amide bonds. The topological polar surface area (TPSA) is 55.0 Å². The van der Waals surface area contributed by atoms with E-state index < -0.39 is 0 Å². The number of anilines is 1. The molecular weight excluding hydrogens is 212 g/mol. The van der Waals surface area contributed by atoms with Crippen molar-refractivity contribution in [1.29, 1.82) is 0 Å². The number of rotatable bonds is 4. The molecule has 1 fully saturated rings. The molecule has 88 valence electrons. The highest BCUT2D eigenvalue weighted by molar-refractivity contribution is 5.89. The number of fused-ring (bicyclic) bond motifs is 1. The van der Waals surface area contributed by atoms with E-state index >= 15 is 0 Å². The number of benzene rings is 1. The van der Waals surface area contributed by atoms with E-state index in [9.17, 15) is 0 Å². The van der Waals surface area contributed by atoms with E-state index in [0.29, 0.717) is 12.6 Å². The van der Waals surface area contributed by atoms with Crippen molar-refractivity contribution < 1.29 is 0 Å². The van der Waals surface area contributed by atoms with E-state index in [1.165, 1.54) is 12.8 Å². The molecule has 1 aliphatic rings. The number of aromatic nitrogens is 2. The second-order valence-electron chi connectivity index (χ2n) is 4.43. The Morgan fingerprint density at radius 3 is 2.82 bits per heavy atom. The molecule has 2 aromatic rings. The molecule has 3 rings (SSSR count). The Morgan fingerprint density at radius 1 is 1.24 bits per heavy atom. The summed E-state index contributed by atoms with van der Waals surface area (Å²) in [6, 6.07) is 8.76. The van der Waals surface area contributed by atoms with Gasteiger partial charge in [0.1, 0.15) is 12.1 Å². The third-order valence-electron chi connectivity index (χ3n) is 3.15. The van der Waals surface area contributed by atoms with Crippen LogP contribution in [0, 0.1) is 0 Å². The molecule has 2 N–H and O–H groups in total. The van der Waals surface area contributed by atoms with Crippen molar-refractivity contribution in [2.24, 2.45) is 5.73 Å². The van der Waals surface area contributed by atoms with Crippen LogP contribution in [0.2, 0.25) is 0 Å². The minimum absolute atomic E-state index is 0.622. The van der Waals surface area contributed by atoms with Crippen LogP contribution >= 0.6 is 0 Å². The number of hydrogen-bond donors (Lipinski definition) is 1. The Morgan fingerprint density at radius 2 is 2.06 bits per heavy atom. The zero-order chi connectivity index (χ0) is 11.7. The Labute approximate surface area is 100 Å². The van der Waals surface area contributed by atoms with Crippen molar-refractivity contribution in [2.45, 2.75) is 18.9 Å². The van der Waals surface area contributed by atoms with Crippen molar-refractivity contribution in [3.63, 3.8) is 0 Å². The third-order valence-corrected chi connectivity index (χ3v) is 3.15. The second kappa shape index (κ2) is 4.30. The lowest BCUT2D eigenvalue weighted by Gasteiger charge is -2.23. The Balaban J connectivity index is 2.08. The number of hydrogen-bond acceptors (Lipinski definition) is 4. The summed E-state index contributed by atoms with van der Waals surface area (Å²) in [5, 5.41) is 1.12. The third kappa shape index (κ3) is 1.96. The first-order valence-electron chi connectivity index (χ1n) is 6.06. The second-order valence-corrected chi connectivity index (χ2v) is 4.43. The summed E-state index contributed by atoms with van der Waals surface area (Å²) in [6.07, 6.45) is 4.14. The molecule has 4 nitrogen and oxygen atoms in total. The molecule has 17 heavy (non-hydrogen) atoms. The highest BCUT2D eigenvalue weighted by Gasteiger charge is 2.30. The molecule has 1 saturated carbocycles. The van der Waals surface area contributed by atoms with Crippen LogP contribution in [0.4, 0.5) is 5.82 Å². The maximum atomic E-state index is 5.69. The van der Waals surface area contributed by atoms with Crippen LogP contribution in [0.25, 0.3) is 10.9 Å². The molecule has 1 aromatic carbocycles. The van der Waals surface area contributed by atoms with E-state index in [4.69, 9.17) is 5.73 Å². The first-order valence-corrected chi connectivity index (χ1v) is 6.06. The van der Waals surface area contributed by atoms with Crippen LogP contribution in [-0.2, 0) is 0 Å². The van der Waals surface area contributed by atoms with Crippen LogP contribution in [-0.4, -0.2) is 29.1 Å². The molecule has 0 radical (unpaired) electrons. The first-order chi connectivity index (χ1) is 8.40. The molecule has 0 spiro atoms. The number of nitrogens with zero attached hydrogens (tertiary/aromatic N) is 3. The summed E-state index contributed by atoms with van der Waals surface area (Å²) in [5.41, 5.74) is 6.69. The largest absolute Gasteiger partial charge is 0.352 e. The van der Waals surface area contributed by atoms with Crippen LogP contribution in [0.1, 0.15) is 12.8 Å². The van der Waals surface area contributed by atoms with Gasteiger partial charge in [-0.2, -0.15) is 0 Å². The van der Waals surface area contributed by atoms with Crippen LogP contribution in [0.3, 0.4) is 0 Å². The van der Waals surface area contributed by atoms with Crippen LogP contribution in [0.15, 0.2) is 30.6 Å². The van der Waals surface area contributed by atoms with Gasteiger partial charge in [-0.3, -0.25) is 0 Å². The molecule has 0 atom stereocenters. The maximum Gasteiger partial charge on any atom is 0.140 e. The summed E-state index contributed by atoms with van der Waals surface area (Å²) in [7, 11) is 0. The van der Waals surface area contributed by atoms with Gasteiger partial charge in [-0.05, 0) is 25.0 Å². The zero-order valence-electron chi connectivity index (χ0n) is 9.71. The summed E-state index contributed by atoms with van der Waals surface area (Å²) >= 11 is 0. The predicted octanol–water partition coefficient (Wildman–Crippen LogP) is 1.56. The summed E-state index contributed by atoms with van der Waals surface area (Å²) in [6.45, 7) is 1.53. The number of nitrogens with two attached hydrogens (primary N) is 1. The lowest BCUT2D eigenvalue weighted by molar-refractivity contribution is 0.774. The lowest BCUT2D eigenvalue weighted by Crippen LogP contribution is -2.32. The molecule has 1 heterocycles. The van der Waals surface area contributed by atoms with E-state index in [2.05, 4.69) is 20.9 Å². The fourth-order valence-corrected chi connectivity index (χ4v) is 2.21. The molecule has 0 saturated heterocycles. The van der Waals surface area contributed by atoms with Crippen LogP contribution < -0.4 is 10.6 Å². The summed E-state index contributed by atoms with van der Waals surface area (Å²) < 4.78 is 0. The van der Waals surface area contributed by atoms with Crippen molar-refractivity contribution >= 4 is 16.7 Å². The first kappa shape index (κ1) is 10.5. The predicted molar refractivity (Wildman–Crippen MR) is 69.0 cm³/mol. The molecule has 0 unspecified atom stereocenters. The van der Waals surface area contributed by atoms with E-state index in [1.807, 2.05) is 18.2 Å². The summed E-state index contributed by atoms with van der Waals surface area (Å²) in [4.78, 5) is 11.1. The molecule has 0 aliphatic heterocycles. The highest BCUT2D eigenvalue weighted by atomic mass is 15.2. The van der Waals surface area contributed by atoms with Gasteiger partial charge >= 0.3 is 0 Å². The average Bonchev–Trinajstić information content (AvgIpc) is 3.20. The SMILES string of the molecule is NCCN(c1ncnc2ccccc12)C1CC1. The smallest absolute Gasteiger partial charge is 0.140 e. The van der Waals surface area contributed by atoms with Crippen molar-refractivity contribution in [3.8, 4) is 0 Å². The fraction of sp³-hybridized carbons (Fsp3) is 0.385. The summed E-state index contributed by atoms with van der Waals surface area (Å²) in [5.74, 6) is 1.03. The minimum Gasteiger partial charge on any atom is -0.352 e. The number of para-hydroxylation sites is 1. The maximum absolute atomic E-state index is 5.69. The quantitative estimate of drug-likeness (QED) is 0.862. The van der Waals surface area contributed by atoms with Gasteiger partial charge in [0.15, 0.2) is 0 Å². The van der Waals surface area contributed by atoms with Gasteiger partial charge in [-0.25, -0.2) is 9.97 Å². The van der Waals surface area contributed by atoms with Gasteiger partial charge < -0.3 is 10.6 Å². The van der Waals surface area contributed by atoms with E-state index in [1.54, 1.807) is 6.33 Å². The van der Waals surface area contributed by atoms with Crippen molar-refractivity contribution in [1.82, 2.24) is 9.97 Å². The van der Waals surface area contributed by atoms with Crippen molar-refractivity contribution in [3.05, 3.63) is 30.6 Å². The van der Waals surface area contributed by atoms with Gasteiger partial charge in [0.25, 0.3) is 0 Å². The fourth-order valence-electron chi connectivity index (χ4n) is 2.21. The van der Waals surface area contributed by atoms with Crippen molar-refractivity contribution in [2.75, 3.05) is 18.0 Å². The Kier molecular flexibility index (Phi) is 2.65. The highest BCUT2D eigenvalue weighted by Crippen LogP contribution is 2.33. The molecule has 4 heteroatoms. The standard InChI is InChI=1S/C13H16N4/c14-7-8-17(10-5-6-10)13-11-3-1-2-4-12(11)15-9-16-13/h1-4,9-10H,5-8,14H2. The van der Waals surface area contributed by atoms with Gasteiger partial charge in [0.05, 0.1) is 5.52 Å². The Hall–Kier alpha value is -1.68. The van der Waals surface area contributed by atoms with Crippen LogP contribution in [0.5, 0.6) is 0 Å². The molecule has 1 aromatic heterocycles. The normalized spacial score (nSPS) is 15.1. The monoisotopic (exact) mass is 228 g/mol.